The van der Waals surface area contributed by atoms with Gasteiger partial charge in [0.15, 0.2) is 0 Å². The Balaban J connectivity index is 2.27. The molecule has 0 unspecified atom stereocenters. The highest BCUT2D eigenvalue weighted by molar-refractivity contribution is 6.48. The minimum absolute atomic E-state index is 0.225. The summed E-state index contributed by atoms with van der Waals surface area (Å²) in [6.45, 7) is 1.19. The second kappa shape index (κ2) is 7.28. The molecule has 3 amide bonds. The Morgan fingerprint density at radius 3 is 2.42 bits per heavy atom. The van der Waals surface area contributed by atoms with Gasteiger partial charge in [-0.2, -0.15) is 0 Å². The van der Waals surface area contributed by atoms with Crippen LogP contribution in [0.1, 0.15) is 6.92 Å². The number of amides is 3. The summed E-state index contributed by atoms with van der Waals surface area (Å²) >= 11 is 0. The molecular formula is C17H17N3O4. The van der Waals surface area contributed by atoms with Gasteiger partial charge in [0.2, 0.25) is 5.91 Å². The van der Waals surface area contributed by atoms with Gasteiger partial charge in [0.05, 0.1) is 18.5 Å². The largest absolute Gasteiger partial charge is 0.495 e. The molecular weight excluding hydrogens is 310 g/mol. The van der Waals surface area contributed by atoms with Crippen LogP contribution in [-0.4, -0.2) is 24.8 Å². The molecule has 24 heavy (non-hydrogen) atoms. The van der Waals surface area contributed by atoms with Crippen molar-refractivity contribution in [3.8, 4) is 5.75 Å². The average molecular weight is 327 g/mol. The average Bonchev–Trinajstić information content (AvgIpc) is 2.55. The Morgan fingerprint density at radius 1 is 1.08 bits per heavy atom. The number of nitrogens with two attached hydrogens (primary N) is 1. The lowest BCUT2D eigenvalue weighted by Crippen LogP contribution is -2.42. The Morgan fingerprint density at radius 2 is 1.79 bits per heavy atom. The SMILES string of the molecule is COc1ccccc1NC(=O)C(=O)N(C(C)=O)c1cccc(N)c1. The molecule has 3 N–H and O–H groups in total. The van der Waals surface area contributed by atoms with Crippen molar-refractivity contribution in [1.82, 2.24) is 0 Å². The van der Waals surface area contributed by atoms with Crippen LogP contribution in [0.3, 0.4) is 0 Å². The molecule has 0 aromatic heterocycles. The molecule has 0 saturated carbocycles. The first kappa shape index (κ1) is 17.0. The molecule has 0 spiro atoms. The Hall–Kier alpha value is -3.35. The van der Waals surface area contributed by atoms with Crippen LogP contribution in [-0.2, 0) is 14.4 Å². The molecule has 0 aliphatic heterocycles. The molecule has 0 heterocycles. The molecule has 0 fully saturated rings. The van der Waals surface area contributed by atoms with E-state index < -0.39 is 17.7 Å². The van der Waals surface area contributed by atoms with Gasteiger partial charge in [-0.3, -0.25) is 14.4 Å². The lowest BCUT2D eigenvalue weighted by atomic mass is 10.2. The minimum atomic E-state index is -1.01. The summed E-state index contributed by atoms with van der Waals surface area (Å²) in [7, 11) is 1.45. The quantitative estimate of drug-likeness (QED) is 0.661. The lowest BCUT2D eigenvalue weighted by molar-refractivity contribution is -0.136. The van der Waals surface area contributed by atoms with Gasteiger partial charge in [0.25, 0.3) is 0 Å². The summed E-state index contributed by atoms with van der Waals surface area (Å²) < 4.78 is 5.11. The lowest BCUT2D eigenvalue weighted by Gasteiger charge is -2.19. The molecule has 124 valence electrons. The molecule has 0 aliphatic rings. The van der Waals surface area contributed by atoms with Crippen molar-refractivity contribution in [2.75, 3.05) is 23.1 Å². The molecule has 0 saturated heterocycles. The Bertz CT molecular complexity index is 789. The highest BCUT2D eigenvalue weighted by atomic mass is 16.5. The van der Waals surface area contributed by atoms with Crippen LogP contribution in [0.15, 0.2) is 48.5 Å². The van der Waals surface area contributed by atoms with E-state index in [-0.39, 0.29) is 5.69 Å². The predicted octanol–water partition coefficient (Wildman–Crippen LogP) is 1.80. The smallest absolute Gasteiger partial charge is 0.323 e. The number of hydrogen-bond acceptors (Lipinski definition) is 5. The standard InChI is InChI=1S/C17H17N3O4/c1-11(21)20(13-7-5-6-12(18)10-13)17(23)16(22)19-14-8-3-4-9-15(14)24-2/h3-10H,18H2,1-2H3,(H,19,22). The zero-order chi connectivity index (χ0) is 17.7. The van der Waals surface area contributed by atoms with Crippen molar-refractivity contribution >= 4 is 34.8 Å². The van der Waals surface area contributed by atoms with Gasteiger partial charge in [-0.05, 0) is 30.3 Å². The predicted molar refractivity (Wildman–Crippen MR) is 90.6 cm³/mol. The van der Waals surface area contributed by atoms with E-state index in [9.17, 15) is 14.4 Å². The fraction of sp³-hybridized carbons (Fsp3) is 0.118. The van der Waals surface area contributed by atoms with E-state index in [1.165, 1.54) is 26.2 Å². The summed E-state index contributed by atoms with van der Waals surface area (Å²) in [5.41, 5.74) is 6.59. The maximum absolute atomic E-state index is 12.4. The number of anilines is 3. The number of nitrogen functional groups attached to an aromatic ring is 1. The molecule has 2 aromatic rings. The van der Waals surface area contributed by atoms with Crippen molar-refractivity contribution < 1.29 is 19.1 Å². The number of nitrogens with zero attached hydrogens (tertiary/aromatic N) is 1. The molecule has 2 rings (SSSR count). The maximum atomic E-state index is 12.4. The van der Waals surface area contributed by atoms with Gasteiger partial charge in [-0.1, -0.05) is 18.2 Å². The first-order valence-corrected chi connectivity index (χ1v) is 7.08. The van der Waals surface area contributed by atoms with Gasteiger partial charge in [0.1, 0.15) is 5.75 Å². The van der Waals surface area contributed by atoms with E-state index in [1.807, 2.05) is 0 Å². The third kappa shape index (κ3) is 3.70. The van der Waals surface area contributed by atoms with Gasteiger partial charge >= 0.3 is 11.8 Å². The topological polar surface area (TPSA) is 102 Å². The van der Waals surface area contributed by atoms with Crippen molar-refractivity contribution in [3.05, 3.63) is 48.5 Å². The van der Waals surface area contributed by atoms with Crippen LogP contribution in [0.4, 0.5) is 17.1 Å². The monoisotopic (exact) mass is 327 g/mol. The fourth-order valence-electron chi connectivity index (χ4n) is 2.13. The van der Waals surface area contributed by atoms with Crippen molar-refractivity contribution in [2.45, 2.75) is 6.92 Å². The third-order valence-electron chi connectivity index (χ3n) is 3.20. The van der Waals surface area contributed by atoms with E-state index in [2.05, 4.69) is 5.32 Å². The normalized spacial score (nSPS) is 9.92. The van der Waals surface area contributed by atoms with Crippen molar-refractivity contribution in [2.24, 2.45) is 0 Å². The molecule has 0 radical (unpaired) electrons. The van der Waals surface area contributed by atoms with Crippen LogP contribution >= 0.6 is 0 Å². The highest BCUT2D eigenvalue weighted by Gasteiger charge is 2.27. The Labute approximate surface area is 139 Å². The van der Waals surface area contributed by atoms with Gasteiger partial charge in [-0.15, -0.1) is 0 Å². The fourth-order valence-corrected chi connectivity index (χ4v) is 2.13. The number of carbonyl (C=O) groups is 3. The van der Waals surface area contributed by atoms with Gasteiger partial charge < -0.3 is 15.8 Å². The molecule has 0 aliphatic carbocycles. The molecule has 2 aromatic carbocycles. The Kier molecular flexibility index (Phi) is 5.16. The number of rotatable bonds is 3. The van der Waals surface area contributed by atoms with Crippen LogP contribution in [0.5, 0.6) is 5.75 Å². The zero-order valence-corrected chi connectivity index (χ0v) is 13.3. The second-order valence-electron chi connectivity index (χ2n) is 4.91. The summed E-state index contributed by atoms with van der Waals surface area (Å²) in [6, 6.07) is 12.8. The number of hydrogen-bond donors (Lipinski definition) is 2. The number of imide groups is 1. The summed E-state index contributed by atoms with van der Waals surface area (Å²) in [6.07, 6.45) is 0. The number of methoxy groups -OCH3 is 1. The van der Waals surface area contributed by atoms with E-state index in [4.69, 9.17) is 10.5 Å². The summed E-state index contributed by atoms with van der Waals surface area (Å²) in [4.78, 5) is 37.3. The molecule has 0 atom stereocenters. The van der Waals surface area contributed by atoms with E-state index in [0.29, 0.717) is 17.1 Å². The van der Waals surface area contributed by atoms with Crippen LogP contribution in [0.25, 0.3) is 0 Å². The van der Waals surface area contributed by atoms with Gasteiger partial charge in [-0.25, -0.2) is 4.90 Å². The molecule has 7 nitrogen and oxygen atoms in total. The van der Waals surface area contributed by atoms with Gasteiger partial charge in [0, 0.05) is 12.6 Å². The first-order chi connectivity index (χ1) is 11.4. The van der Waals surface area contributed by atoms with Crippen LogP contribution < -0.4 is 20.7 Å². The number of benzene rings is 2. The number of ether oxygens (including phenoxy) is 1. The zero-order valence-electron chi connectivity index (χ0n) is 13.3. The summed E-state index contributed by atoms with van der Waals surface area (Å²) in [5.74, 6) is -2.17. The van der Waals surface area contributed by atoms with Crippen molar-refractivity contribution in [3.63, 3.8) is 0 Å². The highest BCUT2D eigenvalue weighted by Crippen LogP contribution is 2.24. The first-order valence-electron chi connectivity index (χ1n) is 7.08. The second-order valence-corrected chi connectivity index (χ2v) is 4.91. The summed E-state index contributed by atoms with van der Waals surface area (Å²) in [5, 5.41) is 2.44. The number of nitrogens with one attached hydrogen (secondary N) is 1. The molecule has 0 bridgehead atoms. The third-order valence-corrected chi connectivity index (χ3v) is 3.20. The van der Waals surface area contributed by atoms with Crippen LogP contribution in [0.2, 0.25) is 0 Å². The van der Waals surface area contributed by atoms with E-state index in [1.54, 1.807) is 36.4 Å². The van der Waals surface area contributed by atoms with E-state index in [0.717, 1.165) is 4.90 Å². The van der Waals surface area contributed by atoms with Crippen molar-refractivity contribution in [1.29, 1.82) is 0 Å². The maximum Gasteiger partial charge on any atom is 0.323 e. The van der Waals surface area contributed by atoms with Crippen LogP contribution in [0, 0.1) is 0 Å². The van der Waals surface area contributed by atoms with E-state index >= 15 is 0 Å². The minimum Gasteiger partial charge on any atom is -0.495 e. The number of carbonyl (C=O) groups excluding carboxylic acids is 3. The number of para-hydroxylation sites is 2. The molecule has 7 heteroatoms.